The molecule has 0 radical (unpaired) electrons. The monoisotopic (exact) mass is 270 g/mol. The number of likely N-dealkylation sites (tertiary alicyclic amines) is 1. The summed E-state index contributed by atoms with van der Waals surface area (Å²) in [5.41, 5.74) is 2.40. The van der Waals surface area contributed by atoms with Crippen molar-refractivity contribution in [3.8, 4) is 0 Å². The Bertz CT molecular complexity index is 606. The number of aromatic nitrogens is 1. The second-order valence-corrected chi connectivity index (χ2v) is 5.80. The summed E-state index contributed by atoms with van der Waals surface area (Å²) < 4.78 is 2.08. The highest BCUT2D eigenvalue weighted by molar-refractivity contribution is 5.83. The summed E-state index contributed by atoms with van der Waals surface area (Å²) in [4.78, 5) is 14.5. The van der Waals surface area contributed by atoms with Crippen LogP contribution in [0.3, 0.4) is 0 Å². The standard InChI is InChI=1S/C17H22N2O/c1-14-6-7-15-8-11-19(16(15)12-14)13-17(20)18-9-4-2-3-5-10-18/h6-8,11-12H,2-5,9-10,13H2,1H3. The van der Waals surface area contributed by atoms with E-state index in [9.17, 15) is 4.79 Å². The van der Waals surface area contributed by atoms with E-state index in [-0.39, 0.29) is 5.91 Å². The summed E-state index contributed by atoms with van der Waals surface area (Å²) in [5, 5.41) is 1.21. The molecule has 20 heavy (non-hydrogen) atoms. The predicted molar refractivity (Wildman–Crippen MR) is 81.7 cm³/mol. The first-order valence-electron chi connectivity index (χ1n) is 7.57. The van der Waals surface area contributed by atoms with Crippen molar-refractivity contribution in [2.45, 2.75) is 39.2 Å². The van der Waals surface area contributed by atoms with E-state index in [0.29, 0.717) is 6.54 Å². The van der Waals surface area contributed by atoms with Crippen LogP contribution in [0.5, 0.6) is 0 Å². The van der Waals surface area contributed by atoms with Gasteiger partial charge in [0, 0.05) is 24.8 Å². The van der Waals surface area contributed by atoms with Crippen molar-refractivity contribution in [2.24, 2.45) is 0 Å². The maximum atomic E-state index is 12.5. The van der Waals surface area contributed by atoms with Gasteiger partial charge < -0.3 is 9.47 Å². The number of benzene rings is 1. The van der Waals surface area contributed by atoms with Crippen LogP contribution in [0.4, 0.5) is 0 Å². The Morgan fingerprint density at radius 1 is 1.10 bits per heavy atom. The summed E-state index contributed by atoms with van der Waals surface area (Å²) in [6.45, 7) is 4.41. The fourth-order valence-electron chi connectivity index (χ4n) is 3.00. The fourth-order valence-corrected chi connectivity index (χ4v) is 3.00. The third-order valence-electron chi connectivity index (χ3n) is 4.19. The molecule has 1 amide bonds. The van der Waals surface area contributed by atoms with Crippen molar-refractivity contribution in [1.82, 2.24) is 9.47 Å². The molecule has 1 saturated heterocycles. The van der Waals surface area contributed by atoms with Crippen LogP contribution < -0.4 is 0 Å². The highest BCUT2D eigenvalue weighted by atomic mass is 16.2. The van der Waals surface area contributed by atoms with Crippen molar-refractivity contribution < 1.29 is 4.79 Å². The number of amides is 1. The molecule has 1 fully saturated rings. The molecule has 0 spiro atoms. The maximum absolute atomic E-state index is 12.5. The van der Waals surface area contributed by atoms with Crippen LogP contribution in [0.2, 0.25) is 0 Å². The molecule has 1 aliphatic heterocycles. The minimum atomic E-state index is 0.255. The number of fused-ring (bicyclic) bond motifs is 1. The molecule has 1 aromatic heterocycles. The first-order valence-corrected chi connectivity index (χ1v) is 7.57. The molecular weight excluding hydrogens is 248 g/mol. The van der Waals surface area contributed by atoms with Crippen LogP contribution in [-0.4, -0.2) is 28.5 Å². The molecule has 106 valence electrons. The highest BCUT2D eigenvalue weighted by Crippen LogP contribution is 2.18. The normalized spacial score (nSPS) is 16.4. The van der Waals surface area contributed by atoms with E-state index in [0.717, 1.165) is 31.4 Å². The first-order chi connectivity index (χ1) is 9.74. The largest absolute Gasteiger partial charge is 0.341 e. The van der Waals surface area contributed by atoms with Crippen molar-refractivity contribution in [2.75, 3.05) is 13.1 Å². The zero-order valence-electron chi connectivity index (χ0n) is 12.1. The first kappa shape index (κ1) is 13.2. The topological polar surface area (TPSA) is 25.2 Å². The number of carbonyl (C=O) groups is 1. The van der Waals surface area contributed by atoms with Crippen LogP contribution in [0.1, 0.15) is 31.2 Å². The van der Waals surface area contributed by atoms with Gasteiger partial charge in [-0.1, -0.05) is 25.0 Å². The molecule has 3 nitrogen and oxygen atoms in total. The zero-order chi connectivity index (χ0) is 13.9. The van der Waals surface area contributed by atoms with Gasteiger partial charge in [0.05, 0.1) is 0 Å². The van der Waals surface area contributed by atoms with E-state index in [1.807, 2.05) is 11.1 Å². The van der Waals surface area contributed by atoms with Crippen LogP contribution >= 0.6 is 0 Å². The zero-order valence-corrected chi connectivity index (χ0v) is 12.1. The molecule has 1 aromatic carbocycles. The molecular formula is C17H22N2O. The van der Waals surface area contributed by atoms with Crippen LogP contribution in [0.15, 0.2) is 30.5 Å². The lowest BCUT2D eigenvalue weighted by Gasteiger charge is -2.20. The fraction of sp³-hybridized carbons (Fsp3) is 0.471. The molecule has 0 unspecified atom stereocenters. The van der Waals surface area contributed by atoms with E-state index < -0.39 is 0 Å². The van der Waals surface area contributed by atoms with E-state index >= 15 is 0 Å². The molecule has 3 heteroatoms. The molecule has 2 aromatic rings. The van der Waals surface area contributed by atoms with Gasteiger partial charge in [0.2, 0.25) is 5.91 Å². The van der Waals surface area contributed by atoms with Crippen LogP contribution in [0.25, 0.3) is 10.9 Å². The number of hydrogen-bond acceptors (Lipinski definition) is 1. The molecule has 0 atom stereocenters. The Hall–Kier alpha value is -1.77. The van der Waals surface area contributed by atoms with Gasteiger partial charge in [0.1, 0.15) is 6.54 Å². The maximum Gasteiger partial charge on any atom is 0.242 e. The smallest absolute Gasteiger partial charge is 0.242 e. The predicted octanol–water partition coefficient (Wildman–Crippen LogP) is 3.35. The van der Waals surface area contributed by atoms with Crippen LogP contribution in [-0.2, 0) is 11.3 Å². The Morgan fingerprint density at radius 3 is 2.60 bits per heavy atom. The van der Waals surface area contributed by atoms with Crippen molar-refractivity contribution >= 4 is 16.8 Å². The molecule has 1 aliphatic rings. The Kier molecular flexibility index (Phi) is 3.77. The van der Waals surface area contributed by atoms with Gasteiger partial charge >= 0.3 is 0 Å². The molecule has 0 N–H and O–H groups in total. The summed E-state index contributed by atoms with van der Waals surface area (Å²) in [5.74, 6) is 0.255. The highest BCUT2D eigenvalue weighted by Gasteiger charge is 2.16. The lowest BCUT2D eigenvalue weighted by molar-refractivity contribution is -0.131. The number of rotatable bonds is 2. The third-order valence-corrected chi connectivity index (χ3v) is 4.19. The summed E-state index contributed by atoms with van der Waals surface area (Å²) in [6.07, 6.45) is 6.85. The molecule has 2 heterocycles. The van der Waals surface area contributed by atoms with E-state index in [1.54, 1.807) is 0 Å². The minimum Gasteiger partial charge on any atom is -0.341 e. The Labute approximate surface area is 120 Å². The summed E-state index contributed by atoms with van der Waals surface area (Å²) >= 11 is 0. The van der Waals surface area contributed by atoms with Gasteiger partial charge in [0.15, 0.2) is 0 Å². The van der Waals surface area contributed by atoms with Crippen molar-refractivity contribution in [3.63, 3.8) is 0 Å². The lowest BCUT2D eigenvalue weighted by atomic mass is 10.2. The van der Waals surface area contributed by atoms with Gasteiger partial charge in [-0.3, -0.25) is 4.79 Å². The van der Waals surface area contributed by atoms with Gasteiger partial charge in [-0.2, -0.15) is 0 Å². The molecule has 0 saturated carbocycles. The van der Waals surface area contributed by atoms with Gasteiger partial charge in [-0.15, -0.1) is 0 Å². The SMILES string of the molecule is Cc1ccc2ccn(CC(=O)N3CCCCCC3)c2c1. The van der Waals surface area contributed by atoms with Gasteiger partial charge in [-0.25, -0.2) is 0 Å². The minimum absolute atomic E-state index is 0.255. The molecule has 0 bridgehead atoms. The van der Waals surface area contributed by atoms with Crippen LogP contribution in [0, 0.1) is 6.92 Å². The van der Waals surface area contributed by atoms with E-state index in [2.05, 4.69) is 35.8 Å². The third kappa shape index (κ3) is 2.72. The average Bonchev–Trinajstić information content (AvgIpc) is 2.67. The van der Waals surface area contributed by atoms with Gasteiger partial charge in [-0.05, 0) is 42.8 Å². The lowest BCUT2D eigenvalue weighted by Crippen LogP contribution is -2.34. The van der Waals surface area contributed by atoms with E-state index in [1.165, 1.54) is 23.8 Å². The second kappa shape index (κ2) is 5.70. The van der Waals surface area contributed by atoms with E-state index in [4.69, 9.17) is 0 Å². The number of aryl methyl sites for hydroxylation is 1. The summed E-state index contributed by atoms with van der Waals surface area (Å²) in [7, 11) is 0. The second-order valence-electron chi connectivity index (χ2n) is 5.80. The summed E-state index contributed by atoms with van der Waals surface area (Å²) in [6, 6.07) is 8.48. The van der Waals surface area contributed by atoms with Crippen molar-refractivity contribution in [1.29, 1.82) is 0 Å². The average molecular weight is 270 g/mol. The Balaban J connectivity index is 1.78. The van der Waals surface area contributed by atoms with Crippen molar-refractivity contribution in [3.05, 3.63) is 36.0 Å². The number of carbonyl (C=O) groups excluding carboxylic acids is 1. The number of hydrogen-bond donors (Lipinski definition) is 0. The molecule has 3 rings (SSSR count). The Morgan fingerprint density at radius 2 is 1.85 bits per heavy atom. The molecule has 0 aliphatic carbocycles. The quantitative estimate of drug-likeness (QED) is 0.821. The van der Waals surface area contributed by atoms with Gasteiger partial charge in [0.25, 0.3) is 0 Å². The number of nitrogens with zero attached hydrogens (tertiary/aromatic N) is 2.